The first-order valence-electron chi connectivity index (χ1n) is 27.0. The lowest BCUT2D eigenvalue weighted by atomic mass is 9.48. The lowest BCUT2D eigenvalue weighted by Gasteiger charge is -2.54. The van der Waals surface area contributed by atoms with Gasteiger partial charge in [0.05, 0.1) is 90.8 Å². The van der Waals surface area contributed by atoms with Crippen LogP contribution in [0.4, 0.5) is 0 Å². The maximum absolute atomic E-state index is 11.7. The van der Waals surface area contributed by atoms with Crippen LogP contribution in [0.2, 0.25) is 0 Å². The van der Waals surface area contributed by atoms with Crippen LogP contribution in [0.3, 0.4) is 0 Å². The van der Waals surface area contributed by atoms with Crippen LogP contribution in [0.1, 0.15) is 71.6 Å². The highest BCUT2D eigenvalue weighted by Gasteiger charge is 2.54. The summed E-state index contributed by atoms with van der Waals surface area (Å²) in [5.74, 6) is 1.01. The molecule has 0 radical (unpaired) electrons. The van der Waals surface area contributed by atoms with Gasteiger partial charge in [-0.25, -0.2) is 0 Å². The molecular formula is C58H72N2O16S2+2. The van der Waals surface area contributed by atoms with Crippen molar-refractivity contribution in [3.05, 3.63) is 132 Å². The van der Waals surface area contributed by atoms with Gasteiger partial charge in [0.1, 0.15) is 39.5 Å². The maximum Gasteiger partial charge on any atom is 0.264 e. The fourth-order valence-electron chi connectivity index (χ4n) is 10.9. The Morgan fingerprint density at radius 2 is 0.718 bits per heavy atom. The highest BCUT2D eigenvalue weighted by atomic mass is 32.2. The van der Waals surface area contributed by atoms with Crippen molar-refractivity contribution in [3.63, 3.8) is 0 Å². The van der Waals surface area contributed by atoms with Crippen molar-refractivity contribution in [2.75, 3.05) is 117 Å². The summed E-state index contributed by atoms with van der Waals surface area (Å²) in [6.07, 6.45) is 5.86. The third-order valence-electron chi connectivity index (χ3n) is 14.4. The predicted molar refractivity (Wildman–Crippen MR) is 290 cm³/mol. The van der Waals surface area contributed by atoms with Gasteiger partial charge in [0.15, 0.2) is 35.4 Å². The molecule has 9 rings (SSSR count). The Morgan fingerprint density at radius 1 is 0.385 bits per heavy atom. The minimum absolute atomic E-state index is 0.170. The largest absolute Gasteiger partial charge is 0.487 e. The van der Waals surface area contributed by atoms with E-state index in [4.69, 9.17) is 47.4 Å². The van der Waals surface area contributed by atoms with Gasteiger partial charge in [-0.1, -0.05) is 36.4 Å². The van der Waals surface area contributed by atoms with Crippen molar-refractivity contribution in [3.8, 4) is 23.0 Å². The number of unbranched alkanes of at least 4 members (excludes halogenated alkanes) is 2. The second-order valence-electron chi connectivity index (χ2n) is 19.5. The van der Waals surface area contributed by atoms with Crippen LogP contribution in [0.15, 0.2) is 109 Å². The first-order chi connectivity index (χ1) is 38.0. The molecule has 2 aromatic heterocycles. The molecule has 4 aromatic carbocycles. The Balaban J connectivity index is 1.20. The molecule has 0 bridgehead atoms. The lowest BCUT2D eigenvalue weighted by Crippen LogP contribution is -2.42. The molecule has 4 heterocycles. The summed E-state index contributed by atoms with van der Waals surface area (Å²) in [5, 5.41) is 2.08. The van der Waals surface area contributed by atoms with E-state index in [0.717, 1.165) is 44.1 Å². The number of para-hydroxylation sites is 2. The van der Waals surface area contributed by atoms with E-state index in [1.54, 1.807) is 0 Å². The minimum atomic E-state index is -4.10. The number of hydrogen-bond donors (Lipinski definition) is 2. The van der Waals surface area contributed by atoms with Crippen LogP contribution in [0, 0.1) is 0 Å². The van der Waals surface area contributed by atoms with Gasteiger partial charge in [-0.2, -0.15) is 26.0 Å². The van der Waals surface area contributed by atoms with E-state index in [2.05, 4.69) is 82.2 Å². The molecule has 0 amide bonds. The van der Waals surface area contributed by atoms with Crippen molar-refractivity contribution in [2.45, 2.75) is 62.4 Å². The molecule has 3 aliphatic rings. The van der Waals surface area contributed by atoms with Crippen molar-refractivity contribution in [1.82, 2.24) is 0 Å². The van der Waals surface area contributed by atoms with Gasteiger partial charge in [0.25, 0.3) is 20.2 Å². The molecule has 18 nitrogen and oxygen atoms in total. The van der Waals surface area contributed by atoms with Crippen molar-refractivity contribution in [2.24, 2.45) is 0 Å². The Morgan fingerprint density at radius 3 is 1.08 bits per heavy atom. The zero-order valence-electron chi connectivity index (χ0n) is 44.0. The number of aromatic nitrogens is 2. The molecule has 420 valence electrons. The highest BCUT2D eigenvalue weighted by Crippen LogP contribution is 2.68. The number of fused-ring (bicyclic) bond motifs is 4. The number of rotatable bonds is 14. The summed E-state index contributed by atoms with van der Waals surface area (Å²) >= 11 is 0. The SMILES string of the molecule is O=S(=O)(O)CCCC[n+]1ccc(C2C(c3ccc4c(c3)OCCOCCOCCOCCO4)C(c3cc[n+](CCCCS(=O)(=O)O)c4ccccc34)C2c2ccc3c(c2)OCCOCCOCCOCCO3)c2ccccc21. The smallest absolute Gasteiger partial charge is 0.264 e. The summed E-state index contributed by atoms with van der Waals surface area (Å²) in [6, 6.07) is 33.4. The lowest BCUT2D eigenvalue weighted by molar-refractivity contribution is -0.672. The van der Waals surface area contributed by atoms with Crippen LogP contribution in [-0.2, 0) is 61.7 Å². The van der Waals surface area contributed by atoms with Gasteiger partial charge >= 0.3 is 0 Å². The van der Waals surface area contributed by atoms with E-state index in [9.17, 15) is 25.9 Å². The minimum Gasteiger partial charge on any atom is -0.487 e. The van der Waals surface area contributed by atoms with E-state index in [1.807, 2.05) is 36.4 Å². The summed E-state index contributed by atoms with van der Waals surface area (Å²) in [5.41, 5.74) is 6.25. The van der Waals surface area contributed by atoms with Gasteiger partial charge in [0, 0.05) is 47.9 Å². The monoisotopic (exact) mass is 1120 g/mol. The highest BCUT2D eigenvalue weighted by molar-refractivity contribution is 7.86. The van der Waals surface area contributed by atoms with Crippen molar-refractivity contribution < 1.29 is 82.4 Å². The average molecular weight is 1120 g/mol. The van der Waals surface area contributed by atoms with Gasteiger partial charge < -0.3 is 47.4 Å². The van der Waals surface area contributed by atoms with E-state index in [1.165, 1.54) is 0 Å². The zero-order chi connectivity index (χ0) is 54.2. The summed E-state index contributed by atoms with van der Waals surface area (Å²) in [7, 11) is -8.20. The summed E-state index contributed by atoms with van der Waals surface area (Å²) in [6.45, 7) is 7.16. The number of benzene rings is 4. The van der Waals surface area contributed by atoms with E-state index < -0.39 is 20.2 Å². The molecule has 2 N–H and O–H groups in total. The standard InChI is InChI=1S/C58H70N2O16S2/c61-77(62,63)39-7-5-19-59-21-17-47(45-9-1-3-11-49(45)59)57-55(43-13-15-51-53(41-43)75-37-33-71-29-25-67-23-27-69-31-35-73-51)58(48-18-22-60(20-6-8-40-78(64,65)66)50-12-4-2-10-46(48)50)56(57)44-14-16-52-54(42-44)76-38-34-72-30-26-68-24-28-70-32-36-74-52/h1-4,9-18,21-22,41-42,55-58H,5-8,19-20,23-40H2/p+2. The molecule has 6 aromatic rings. The van der Waals surface area contributed by atoms with Crippen molar-refractivity contribution in [1.29, 1.82) is 0 Å². The maximum atomic E-state index is 11.7. The first-order valence-corrected chi connectivity index (χ1v) is 30.2. The number of nitrogens with zero attached hydrogens (tertiary/aromatic N) is 2. The Labute approximate surface area is 456 Å². The Bertz CT molecular complexity index is 2930. The number of aryl methyl sites for hydroxylation is 2. The number of pyridine rings is 2. The van der Waals surface area contributed by atoms with Crippen LogP contribution in [0.25, 0.3) is 21.8 Å². The molecule has 0 atom stereocenters. The molecule has 0 unspecified atom stereocenters. The molecule has 20 heteroatoms. The molecule has 1 aliphatic carbocycles. The van der Waals surface area contributed by atoms with Crippen LogP contribution < -0.4 is 28.1 Å². The fraction of sp³-hybridized carbons (Fsp3) is 0.483. The molecule has 1 saturated carbocycles. The Hall–Kier alpha value is -5.52. The van der Waals surface area contributed by atoms with Crippen LogP contribution >= 0.6 is 0 Å². The van der Waals surface area contributed by atoms with Crippen molar-refractivity contribution >= 4 is 42.0 Å². The average Bonchev–Trinajstić information content (AvgIpc) is 3.59. The molecular weight excluding hydrogens is 1040 g/mol. The molecule has 1 fully saturated rings. The second kappa shape index (κ2) is 28.1. The van der Waals surface area contributed by atoms with E-state index in [0.29, 0.717) is 154 Å². The normalized spacial score (nSPS) is 20.8. The van der Waals surface area contributed by atoms with E-state index >= 15 is 0 Å². The Kier molecular flexibility index (Phi) is 20.6. The molecule has 2 aliphatic heterocycles. The van der Waals surface area contributed by atoms with Gasteiger partial charge in [-0.3, -0.25) is 9.11 Å². The predicted octanol–water partition coefficient (Wildman–Crippen LogP) is 6.99. The van der Waals surface area contributed by atoms with Gasteiger partial charge in [-0.15, -0.1) is 0 Å². The fourth-order valence-corrected chi connectivity index (χ4v) is 12.1. The van der Waals surface area contributed by atoms with Gasteiger partial charge in [0.2, 0.25) is 11.0 Å². The third-order valence-corrected chi connectivity index (χ3v) is 16.0. The van der Waals surface area contributed by atoms with E-state index in [-0.39, 0.29) is 48.4 Å². The van der Waals surface area contributed by atoms with Crippen LogP contribution in [-0.4, -0.2) is 143 Å². The van der Waals surface area contributed by atoms with Crippen LogP contribution in [0.5, 0.6) is 23.0 Å². The number of hydrogen-bond acceptors (Lipinski definition) is 14. The zero-order valence-corrected chi connectivity index (χ0v) is 45.6. The second-order valence-corrected chi connectivity index (χ2v) is 22.7. The number of ether oxygens (including phenoxy) is 10. The first kappa shape index (κ1) is 57.2. The van der Waals surface area contributed by atoms with Gasteiger partial charge in [-0.05, 0) is 95.2 Å². The topological polar surface area (TPSA) is 209 Å². The quantitative estimate of drug-likeness (QED) is 0.0640. The summed E-state index contributed by atoms with van der Waals surface area (Å²) < 4.78 is 131. The summed E-state index contributed by atoms with van der Waals surface area (Å²) in [4.78, 5) is 0. The third kappa shape index (κ3) is 15.4. The molecule has 0 saturated heterocycles. The molecule has 78 heavy (non-hydrogen) atoms. The molecule has 0 spiro atoms.